The zero-order valence-corrected chi connectivity index (χ0v) is 9.98. The van der Waals surface area contributed by atoms with E-state index in [9.17, 15) is 4.57 Å². The lowest BCUT2D eigenvalue weighted by molar-refractivity contribution is 0.251. The van der Waals surface area contributed by atoms with Gasteiger partial charge in [-0.25, -0.2) is 0 Å². The Hall–Kier alpha value is -0.630. The Bertz CT molecular complexity index is 335. The summed E-state index contributed by atoms with van der Waals surface area (Å²) in [5.41, 5.74) is 0. The summed E-state index contributed by atoms with van der Waals surface area (Å²) in [4.78, 5) is 0. The molecule has 0 radical (unpaired) electrons. The number of hydrogen-bond donors (Lipinski definition) is 1. The number of aliphatic hydroxyl groups is 1. The van der Waals surface area contributed by atoms with Gasteiger partial charge in [-0.2, -0.15) is 0 Å². The molecule has 1 rings (SSSR count). The monoisotopic (exact) mass is 228 g/mol. The van der Waals surface area contributed by atoms with E-state index < -0.39 is 13.7 Å². The minimum atomic E-state index is -3.05. The first-order valence-electron chi connectivity index (χ1n) is 4.98. The Labute approximate surface area is 90.5 Å². The molecule has 0 aliphatic carbocycles. The van der Waals surface area contributed by atoms with Crippen molar-refractivity contribution in [2.45, 2.75) is 13.8 Å². The van der Waals surface area contributed by atoms with Crippen LogP contribution in [0.15, 0.2) is 30.3 Å². The van der Waals surface area contributed by atoms with E-state index in [2.05, 4.69) is 0 Å². The predicted octanol–water partition coefficient (Wildman–Crippen LogP) is 2.21. The fourth-order valence-electron chi connectivity index (χ4n) is 1.12. The van der Waals surface area contributed by atoms with Crippen LogP contribution < -0.4 is 5.30 Å². The lowest BCUT2D eigenvalue weighted by Gasteiger charge is -2.17. The molecule has 1 unspecified atom stereocenters. The SMILES string of the molecule is CC(C)COP(=O)(CO)c1ccccc1. The Morgan fingerprint density at radius 3 is 2.40 bits per heavy atom. The van der Waals surface area contributed by atoms with Gasteiger partial charge in [0.25, 0.3) is 7.37 Å². The molecule has 0 spiro atoms. The zero-order valence-electron chi connectivity index (χ0n) is 9.09. The van der Waals surface area contributed by atoms with Gasteiger partial charge in [0, 0.05) is 5.30 Å². The molecule has 3 nitrogen and oxygen atoms in total. The maximum atomic E-state index is 12.2. The van der Waals surface area contributed by atoms with E-state index in [1.54, 1.807) is 24.3 Å². The minimum absolute atomic E-state index is 0.300. The summed E-state index contributed by atoms with van der Waals surface area (Å²) in [5.74, 6) is 0.300. The van der Waals surface area contributed by atoms with Crippen LogP contribution in [0, 0.1) is 5.92 Å². The molecule has 0 aromatic heterocycles. The number of aliphatic hydroxyl groups excluding tert-OH is 1. The molecule has 1 atom stereocenters. The van der Waals surface area contributed by atoms with E-state index in [1.165, 1.54) is 0 Å². The van der Waals surface area contributed by atoms with Crippen LogP contribution in [0.2, 0.25) is 0 Å². The Morgan fingerprint density at radius 2 is 1.93 bits per heavy atom. The van der Waals surface area contributed by atoms with Crippen LogP contribution >= 0.6 is 7.37 Å². The molecule has 0 saturated heterocycles. The molecule has 0 fully saturated rings. The Balaban J connectivity index is 2.82. The molecule has 0 bridgehead atoms. The van der Waals surface area contributed by atoms with E-state index in [0.29, 0.717) is 17.8 Å². The zero-order chi connectivity index (χ0) is 11.3. The lowest BCUT2D eigenvalue weighted by atomic mass is 10.2. The van der Waals surface area contributed by atoms with Crippen molar-refractivity contribution in [2.75, 3.05) is 13.0 Å². The number of benzene rings is 1. The molecule has 4 heteroatoms. The molecule has 0 heterocycles. The highest BCUT2D eigenvalue weighted by atomic mass is 31.2. The van der Waals surface area contributed by atoms with E-state index in [4.69, 9.17) is 9.63 Å². The van der Waals surface area contributed by atoms with Crippen LogP contribution in [-0.4, -0.2) is 18.1 Å². The maximum absolute atomic E-state index is 12.2. The molecule has 0 aliphatic rings. The van der Waals surface area contributed by atoms with Crippen LogP contribution in [0.1, 0.15) is 13.8 Å². The second kappa shape index (κ2) is 5.45. The van der Waals surface area contributed by atoms with Gasteiger partial charge in [0.2, 0.25) is 0 Å². The summed E-state index contributed by atoms with van der Waals surface area (Å²) in [6, 6.07) is 8.86. The summed E-state index contributed by atoms with van der Waals surface area (Å²) in [6.45, 7) is 4.35. The highest BCUT2D eigenvalue weighted by Gasteiger charge is 2.24. The van der Waals surface area contributed by atoms with Gasteiger partial charge in [0.05, 0.1) is 6.61 Å². The van der Waals surface area contributed by atoms with Crippen molar-refractivity contribution < 1.29 is 14.2 Å². The van der Waals surface area contributed by atoms with Crippen molar-refractivity contribution in [1.29, 1.82) is 0 Å². The van der Waals surface area contributed by atoms with E-state index in [0.717, 1.165) is 0 Å². The average molecular weight is 228 g/mol. The summed E-state index contributed by atoms with van der Waals surface area (Å²) >= 11 is 0. The first kappa shape index (κ1) is 12.4. The van der Waals surface area contributed by atoms with Gasteiger partial charge in [-0.05, 0) is 18.1 Å². The highest BCUT2D eigenvalue weighted by Crippen LogP contribution is 2.44. The molecule has 84 valence electrons. The van der Waals surface area contributed by atoms with Gasteiger partial charge in [0.1, 0.15) is 6.35 Å². The highest BCUT2D eigenvalue weighted by molar-refractivity contribution is 7.66. The van der Waals surface area contributed by atoms with Crippen LogP contribution in [0.5, 0.6) is 0 Å². The van der Waals surface area contributed by atoms with Crippen LogP contribution in [-0.2, 0) is 9.09 Å². The molecule has 0 aliphatic heterocycles. The number of hydrogen-bond acceptors (Lipinski definition) is 3. The molecular weight excluding hydrogens is 211 g/mol. The van der Waals surface area contributed by atoms with Crippen molar-refractivity contribution in [3.05, 3.63) is 30.3 Å². The van der Waals surface area contributed by atoms with Gasteiger partial charge in [-0.1, -0.05) is 32.0 Å². The van der Waals surface area contributed by atoms with E-state index in [-0.39, 0.29) is 0 Å². The second-order valence-corrected chi connectivity index (χ2v) is 6.24. The fraction of sp³-hybridized carbons (Fsp3) is 0.455. The summed E-state index contributed by atoms with van der Waals surface area (Å²) in [6.07, 6.45) is -0.441. The molecule has 15 heavy (non-hydrogen) atoms. The third-order valence-corrected chi connectivity index (χ3v) is 3.98. The fourth-order valence-corrected chi connectivity index (χ4v) is 2.68. The molecule has 0 amide bonds. The van der Waals surface area contributed by atoms with Crippen LogP contribution in [0.25, 0.3) is 0 Å². The molecular formula is C11H17O3P. The van der Waals surface area contributed by atoms with Crippen molar-refractivity contribution >= 4 is 12.7 Å². The molecule has 0 saturated carbocycles. The van der Waals surface area contributed by atoms with Crippen LogP contribution in [0.4, 0.5) is 0 Å². The molecule has 1 N–H and O–H groups in total. The maximum Gasteiger partial charge on any atom is 0.256 e. The smallest absolute Gasteiger partial charge is 0.256 e. The third-order valence-electron chi connectivity index (χ3n) is 1.95. The van der Waals surface area contributed by atoms with Crippen molar-refractivity contribution in [1.82, 2.24) is 0 Å². The first-order valence-corrected chi connectivity index (χ1v) is 6.79. The predicted molar refractivity (Wildman–Crippen MR) is 61.6 cm³/mol. The normalized spacial score (nSPS) is 15.2. The van der Waals surface area contributed by atoms with Gasteiger partial charge >= 0.3 is 0 Å². The largest absolute Gasteiger partial charge is 0.386 e. The van der Waals surface area contributed by atoms with Crippen molar-refractivity contribution in [2.24, 2.45) is 5.92 Å². The van der Waals surface area contributed by atoms with Crippen molar-refractivity contribution in [3.63, 3.8) is 0 Å². The topological polar surface area (TPSA) is 46.5 Å². The Kier molecular flexibility index (Phi) is 4.52. The average Bonchev–Trinajstić information content (AvgIpc) is 2.27. The quantitative estimate of drug-likeness (QED) is 0.786. The van der Waals surface area contributed by atoms with Gasteiger partial charge in [-0.3, -0.25) is 4.57 Å². The van der Waals surface area contributed by atoms with Crippen molar-refractivity contribution in [3.8, 4) is 0 Å². The molecule has 1 aromatic carbocycles. The van der Waals surface area contributed by atoms with Gasteiger partial charge in [-0.15, -0.1) is 0 Å². The number of rotatable bonds is 5. The third kappa shape index (κ3) is 3.45. The van der Waals surface area contributed by atoms with Gasteiger partial charge in [0.15, 0.2) is 0 Å². The van der Waals surface area contributed by atoms with E-state index in [1.807, 2.05) is 19.9 Å². The second-order valence-electron chi connectivity index (χ2n) is 3.84. The van der Waals surface area contributed by atoms with E-state index >= 15 is 0 Å². The lowest BCUT2D eigenvalue weighted by Crippen LogP contribution is -2.12. The molecule has 1 aromatic rings. The summed E-state index contributed by atoms with van der Waals surface area (Å²) < 4.78 is 17.5. The van der Waals surface area contributed by atoms with Gasteiger partial charge < -0.3 is 9.63 Å². The van der Waals surface area contributed by atoms with Crippen LogP contribution in [0.3, 0.4) is 0 Å². The summed E-state index contributed by atoms with van der Waals surface area (Å²) in [7, 11) is -3.05. The summed E-state index contributed by atoms with van der Waals surface area (Å²) in [5, 5.41) is 9.74. The Morgan fingerprint density at radius 1 is 1.33 bits per heavy atom. The standard InChI is InChI=1S/C11H17O3P/c1-10(2)8-14-15(13,9-12)11-6-4-3-5-7-11/h3-7,10,12H,8-9H2,1-2H3. The first-order chi connectivity index (χ1) is 7.08. The minimum Gasteiger partial charge on any atom is -0.386 e.